The second-order valence-electron chi connectivity index (χ2n) is 8.01. The van der Waals surface area contributed by atoms with E-state index < -0.39 is 0 Å². The summed E-state index contributed by atoms with van der Waals surface area (Å²) in [5, 5.41) is 0. The highest BCUT2D eigenvalue weighted by molar-refractivity contribution is 5.55. The van der Waals surface area contributed by atoms with Crippen LogP contribution in [0.25, 0.3) is 0 Å². The number of benzene rings is 2. The van der Waals surface area contributed by atoms with Crippen LogP contribution in [0.5, 0.6) is 5.75 Å². The van der Waals surface area contributed by atoms with Crippen LogP contribution in [0.3, 0.4) is 0 Å². The standard InChI is InChI=1S/C23H32N4O/c1-24-11-13-25(14-12-24)15-16-27-19-26(18-21-5-3-4-6-23(21)27)17-20-7-9-22(28-2)10-8-20/h3-10H,11-19H2,1-2H3. The molecule has 0 aliphatic carbocycles. The third-order valence-corrected chi connectivity index (χ3v) is 5.94. The Morgan fingerprint density at radius 3 is 2.36 bits per heavy atom. The number of para-hydroxylation sites is 1. The van der Waals surface area contributed by atoms with E-state index in [4.69, 9.17) is 4.74 Å². The first kappa shape index (κ1) is 19.2. The molecule has 2 aromatic carbocycles. The number of piperazine rings is 1. The number of hydrogen-bond donors (Lipinski definition) is 0. The highest BCUT2D eigenvalue weighted by atomic mass is 16.5. The van der Waals surface area contributed by atoms with Crippen LogP contribution < -0.4 is 9.64 Å². The third kappa shape index (κ3) is 4.66. The van der Waals surface area contributed by atoms with Crippen molar-refractivity contribution in [1.82, 2.24) is 14.7 Å². The molecule has 0 atom stereocenters. The van der Waals surface area contributed by atoms with Gasteiger partial charge in [-0.3, -0.25) is 9.80 Å². The van der Waals surface area contributed by atoms with Gasteiger partial charge in [-0.25, -0.2) is 0 Å². The van der Waals surface area contributed by atoms with E-state index in [0.717, 1.165) is 38.6 Å². The van der Waals surface area contributed by atoms with Crippen molar-refractivity contribution in [3.05, 3.63) is 59.7 Å². The van der Waals surface area contributed by atoms with Gasteiger partial charge in [0.2, 0.25) is 0 Å². The van der Waals surface area contributed by atoms with Crippen molar-refractivity contribution in [2.24, 2.45) is 0 Å². The summed E-state index contributed by atoms with van der Waals surface area (Å²) in [6.45, 7) is 9.90. The molecule has 0 saturated carbocycles. The van der Waals surface area contributed by atoms with Crippen molar-refractivity contribution in [2.75, 3.05) is 65.0 Å². The average molecular weight is 381 g/mol. The molecule has 1 saturated heterocycles. The lowest BCUT2D eigenvalue weighted by Crippen LogP contribution is -2.49. The van der Waals surface area contributed by atoms with E-state index in [2.05, 4.69) is 75.2 Å². The molecule has 0 radical (unpaired) electrons. The molecule has 0 N–H and O–H groups in total. The van der Waals surface area contributed by atoms with Gasteiger partial charge in [0.1, 0.15) is 5.75 Å². The summed E-state index contributed by atoms with van der Waals surface area (Å²) >= 11 is 0. The maximum atomic E-state index is 5.29. The van der Waals surface area contributed by atoms with Crippen LogP contribution in [0.2, 0.25) is 0 Å². The minimum Gasteiger partial charge on any atom is -0.497 e. The Kier molecular flexibility index (Phi) is 6.15. The van der Waals surface area contributed by atoms with E-state index in [-0.39, 0.29) is 0 Å². The quantitative estimate of drug-likeness (QED) is 0.766. The number of fused-ring (bicyclic) bond motifs is 1. The van der Waals surface area contributed by atoms with Crippen molar-refractivity contribution in [3.8, 4) is 5.75 Å². The van der Waals surface area contributed by atoms with Gasteiger partial charge >= 0.3 is 0 Å². The summed E-state index contributed by atoms with van der Waals surface area (Å²) in [4.78, 5) is 10.1. The maximum absolute atomic E-state index is 5.29. The highest BCUT2D eigenvalue weighted by Gasteiger charge is 2.23. The molecule has 0 unspecified atom stereocenters. The first-order valence-corrected chi connectivity index (χ1v) is 10.3. The number of methoxy groups -OCH3 is 1. The molecule has 0 amide bonds. The molecule has 0 aromatic heterocycles. The van der Waals surface area contributed by atoms with E-state index in [1.54, 1.807) is 7.11 Å². The number of anilines is 1. The van der Waals surface area contributed by atoms with Crippen molar-refractivity contribution < 1.29 is 4.74 Å². The second-order valence-corrected chi connectivity index (χ2v) is 8.01. The Labute approximate surface area is 169 Å². The molecular weight excluding hydrogens is 348 g/mol. The molecule has 0 bridgehead atoms. The van der Waals surface area contributed by atoms with Crippen LogP contribution in [-0.2, 0) is 13.1 Å². The van der Waals surface area contributed by atoms with E-state index in [0.29, 0.717) is 0 Å². The van der Waals surface area contributed by atoms with Crippen LogP contribution in [0.4, 0.5) is 5.69 Å². The van der Waals surface area contributed by atoms with Gasteiger partial charge in [-0.15, -0.1) is 0 Å². The lowest BCUT2D eigenvalue weighted by molar-refractivity contribution is 0.153. The Bertz CT molecular complexity index is 755. The molecular formula is C23H32N4O. The van der Waals surface area contributed by atoms with Crippen LogP contribution >= 0.6 is 0 Å². The van der Waals surface area contributed by atoms with Gasteiger partial charge < -0.3 is 14.5 Å². The number of hydrogen-bond acceptors (Lipinski definition) is 5. The molecule has 2 aromatic rings. The maximum Gasteiger partial charge on any atom is 0.118 e. The van der Waals surface area contributed by atoms with Crippen molar-refractivity contribution >= 4 is 5.69 Å². The fourth-order valence-electron chi connectivity index (χ4n) is 4.18. The van der Waals surface area contributed by atoms with E-state index >= 15 is 0 Å². The van der Waals surface area contributed by atoms with E-state index in [9.17, 15) is 0 Å². The molecule has 2 aliphatic rings. The highest BCUT2D eigenvalue weighted by Crippen LogP contribution is 2.28. The Morgan fingerprint density at radius 2 is 1.61 bits per heavy atom. The second kappa shape index (κ2) is 8.95. The molecule has 5 heteroatoms. The number of ether oxygens (including phenoxy) is 1. The molecule has 2 heterocycles. The predicted octanol–water partition coefficient (Wildman–Crippen LogP) is 2.72. The van der Waals surface area contributed by atoms with Gasteiger partial charge in [-0.2, -0.15) is 0 Å². The van der Waals surface area contributed by atoms with Crippen molar-refractivity contribution in [3.63, 3.8) is 0 Å². The largest absolute Gasteiger partial charge is 0.497 e. The van der Waals surface area contributed by atoms with Crippen LogP contribution in [0.15, 0.2) is 48.5 Å². The molecule has 0 spiro atoms. The topological polar surface area (TPSA) is 22.2 Å². The monoisotopic (exact) mass is 380 g/mol. The Hall–Kier alpha value is -2.08. The number of likely N-dealkylation sites (N-methyl/N-ethyl adjacent to an activating group) is 1. The van der Waals surface area contributed by atoms with Crippen LogP contribution in [0, 0.1) is 0 Å². The summed E-state index contributed by atoms with van der Waals surface area (Å²) < 4.78 is 5.29. The zero-order valence-corrected chi connectivity index (χ0v) is 17.2. The zero-order valence-electron chi connectivity index (χ0n) is 17.2. The van der Waals surface area contributed by atoms with Gasteiger partial charge in [0.25, 0.3) is 0 Å². The first-order chi connectivity index (χ1) is 13.7. The van der Waals surface area contributed by atoms with Gasteiger partial charge in [-0.1, -0.05) is 30.3 Å². The van der Waals surface area contributed by atoms with Crippen LogP contribution in [-0.4, -0.2) is 74.8 Å². The number of nitrogens with zero attached hydrogens (tertiary/aromatic N) is 4. The summed E-state index contributed by atoms with van der Waals surface area (Å²) in [6, 6.07) is 17.3. The normalized spacial score (nSPS) is 18.9. The van der Waals surface area contributed by atoms with E-state index in [1.807, 2.05) is 0 Å². The smallest absolute Gasteiger partial charge is 0.118 e. The lowest BCUT2D eigenvalue weighted by atomic mass is 10.1. The fraction of sp³-hybridized carbons (Fsp3) is 0.478. The Morgan fingerprint density at radius 1 is 0.857 bits per heavy atom. The fourth-order valence-corrected chi connectivity index (χ4v) is 4.18. The van der Waals surface area contributed by atoms with Gasteiger partial charge in [-0.05, 0) is 36.4 Å². The zero-order chi connectivity index (χ0) is 19.3. The minimum absolute atomic E-state index is 0.918. The molecule has 150 valence electrons. The average Bonchev–Trinajstić information content (AvgIpc) is 2.74. The summed E-state index contributed by atoms with van der Waals surface area (Å²) in [5.74, 6) is 0.918. The molecule has 2 aliphatic heterocycles. The van der Waals surface area contributed by atoms with Crippen molar-refractivity contribution in [2.45, 2.75) is 13.1 Å². The molecule has 28 heavy (non-hydrogen) atoms. The van der Waals surface area contributed by atoms with Crippen molar-refractivity contribution in [1.29, 1.82) is 0 Å². The lowest BCUT2D eigenvalue weighted by Gasteiger charge is -2.40. The summed E-state index contributed by atoms with van der Waals surface area (Å²) in [5.41, 5.74) is 4.17. The third-order valence-electron chi connectivity index (χ3n) is 5.94. The van der Waals surface area contributed by atoms with Crippen LogP contribution in [0.1, 0.15) is 11.1 Å². The SMILES string of the molecule is COc1ccc(CN2Cc3ccccc3N(CCN3CCN(C)CC3)C2)cc1. The van der Waals surface area contributed by atoms with E-state index in [1.165, 1.54) is 43.0 Å². The van der Waals surface area contributed by atoms with Gasteiger partial charge in [0.05, 0.1) is 13.8 Å². The molecule has 5 nitrogen and oxygen atoms in total. The van der Waals surface area contributed by atoms with Gasteiger partial charge in [0, 0.05) is 58.0 Å². The summed E-state index contributed by atoms with van der Waals surface area (Å²) in [6.07, 6.45) is 0. The minimum atomic E-state index is 0.918. The first-order valence-electron chi connectivity index (χ1n) is 10.3. The molecule has 1 fully saturated rings. The Balaban J connectivity index is 1.41. The number of rotatable bonds is 6. The molecule has 4 rings (SSSR count). The predicted molar refractivity (Wildman–Crippen MR) is 115 cm³/mol. The summed E-state index contributed by atoms with van der Waals surface area (Å²) in [7, 11) is 3.93. The van der Waals surface area contributed by atoms with Gasteiger partial charge in [0.15, 0.2) is 0 Å².